The highest BCUT2D eigenvalue weighted by atomic mass is 32.1. The van der Waals surface area contributed by atoms with Gasteiger partial charge in [-0.25, -0.2) is 4.98 Å². The number of para-hydroxylation sites is 2. The molecule has 6 nitrogen and oxygen atoms in total. The molecule has 0 saturated carbocycles. The molecule has 7 heteroatoms. The van der Waals surface area contributed by atoms with Gasteiger partial charge < -0.3 is 9.26 Å². The van der Waals surface area contributed by atoms with Crippen LogP contribution in [-0.4, -0.2) is 35.3 Å². The Hall–Kier alpha value is -2.77. The van der Waals surface area contributed by atoms with Crippen LogP contribution in [0.25, 0.3) is 21.2 Å². The van der Waals surface area contributed by atoms with E-state index in [2.05, 4.69) is 5.16 Å². The van der Waals surface area contributed by atoms with Gasteiger partial charge in [-0.15, -0.1) is 0 Å². The SMILES string of the molecule is O=C(Cc1noc2ccccc12)N(C[C@@H]1CCCO1)c1nc2ccccc2s1. The molecular weight excluding hydrogens is 374 g/mol. The highest BCUT2D eigenvalue weighted by Crippen LogP contribution is 2.30. The Morgan fingerprint density at radius 3 is 2.89 bits per heavy atom. The molecule has 1 amide bonds. The Labute approximate surface area is 165 Å². The van der Waals surface area contributed by atoms with E-state index in [1.54, 1.807) is 4.90 Å². The first kappa shape index (κ1) is 17.3. The minimum Gasteiger partial charge on any atom is -0.376 e. The van der Waals surface area contributed by atoms with Crippen LogP contribution in [-0.2, 0) is 16.0 Å². The van der Waals surface area contributed by atoms with E-state index in [4.69, 9.17) is 14.2 Å². The van der Waals surface area contributed by atoms with Gasteiger partial charge in [0, 0.05) is 12.0 Å². The summed E-state index contributed by atoms with van der Waals surface area (Å²) in [5.41, 5.74) is 2.24. The van der Waals surface area contributed by atoms with E-state index in [-0.39, 0.29) is 18.4 Å². The zero-order chi connectivity index (χ0) is 18.9. The maximum Gasteiger partial charge on any atom is 0.235 e. The molecule has 0 spiro atoms. The zero-order valence-corrected chi connectivity index (χ0v) is 16.0. The number of carbonyl (C=O) groups excluding carboxylic acids is 1. The number of fused-ring (bicyclic) bond motifs is 2. The fraction of sp³-hybridized carbons (Fsp3) is 0.286. The number of carbonyl (C=O) groups is 1. The Morgan fingerprint density at radius 2 is 2.04 bits per heavy atom. The van der Waals surface area contributed by atoms with Gasteiger partial charge in [0.2, 0.25) is 5.91 Å². The number of amides is 1. The number of ether oxygens (including phenoxy) is 1. The number of benzene rings is 2. The third-order valence-electron chi connectivity index (χ3n) is 5.00. The van der Waals surface area contributed by atoms with Gasteiger partial charge >= 0.3 is 0 Å². The van der Waals surface area contributed by atoms with Gasteiger partial charge in [0.05, 0.1) is 29.3 Å². The van der Waals surface area contributed by atoms with Crippen LogP contribution in [0.2, 0.25) is 0 Å². The summed E-state index contributed by atoms with van der Waals surface area (Å²) in [5, 5.41) is 5.69. The highest BCUT2D eigenvalue weighted by Gasteiger charge is 2.27. The molecule has 5 rings (SSSR count). The van der Waals surface area contributed by atoms with Crippen molar-refractivity contribution in [1.29, 1.82) is 0 Å². The summed E-state index contributed by atoms with van der Waals surface area (Å²) < 4.78 is 12.2. The van der Waals surface area contributed by atoms with Crippen molar-refractivity contribution in [3.05, 3.63) is 54.2 Å². The van der Waals surface area contributed by atoms with Gasteiger partial charge in [-0.3, -0.25) is 9.69 Å². The van der Waals surface area contributed by atoms with E-state index < -0.39 is 0 Å². The number of nitrogens with zero attached hydrogens (tertiary/aromatic N) is 3. The molecule has 0 bridgehead atoms. The van der Waals surface area contributed by atoms with Crippen molar-refractivity contribution in [1.82, 2.24) is 10.1 Å². The van der Waals surface area contributed by atoms with Crippen molar-refractivity contribution >= 4 is 43.6 Å². The molecule has 0 N–H and O–H groups in total. The molecule has 0 aliphatic carbocycles. The molecular formula is C21H19N3O3S. The van der Waals surface area contributed by atoms with Gasteiger partial charge in [-0.1, -0.05) is 40.8 Å². The molecule has 2 aromatic heterocycles. The number of rotatable bonds is 5. The van der Waals surface area contributed by atoms with E-state index in [1.165, 1.54) is 11.3 Å². The second kappa shape index (κ2) is 7.33. The summed E-state index contributed by atoms with van der Waals surface area (Å²) >= 11 is 1.53. The quantitative estimate of drug-likeness (QED) is 0.508. The molecule has 28 heavy (non-hydrogen) atoms. The van der Waals surface area contributed by atoms with Crippen LogP contribution in [0.3, 0.4) is 0 Å². The van der Waals surface area contributed by atoms with Crippen molar-refractivity contribution in [2.75, 3.05) is 18.1 Å². The minimum atomic E-state index is -0.0476. The Morgan fingerprint density at radius 1 is 1.18 bits per heavy atom. The van der Waals surface area contributed by atoms with Crippen LogP contribution >= 0.6 is 11.3 Å². The number of hydrogen-bond acceptors (Lipinski definition) is 6. The van der Waals surface area contributed by atoms with E-state index in [0.29, 0.717) is 23.0 Å². The average Bonchev–Trinajstić information content (AvgIpc) is 3.46. The van der Waals surface area contributed by atoms with Crippen LogP contribution in [0.5, 0.6) is 0 Å². The molecule has 4 aromatic rings. The molecule has 1 atom stereocenters. The standard InChI is InChI=1S/C21H19N3O3S/c25-20(12-17-15-7-1-3-9-18(15)27-23-17)24(13-14-6-5-11-26-14)21-22-16-8-2-4-10-19(16)28-21/h1-4,7-10,14H,5-6,11-13H2/t14-/m0/s1. The van der Waals surface area contributed by atoms with E-state index >= 15 is 0 Å². The fourth-order valence-corrected chi connectivity index (χ4v) is 4.55. The second-order valence-electron chi connectivity index (χ2n) is 6.91. The summed E-state index contributed by atoms with van der Waals surface area (Å²) in [4.78, 5) is 19.7. The third kappa shape index (κ3) is 3.27. The van der Waals surface area contributed by atoms with E-state index in [0.717, 1.165) is 35.1 Å². The molecule has 3 heterocycles. The Kier molecular flexibility index (Phi) is 4.54. The van der Waals surface area contributed by atoms with Crippen LogP contribution in [0, 0.1) is 0 Å². The smallest absolute Gasteiger partial charge is 0.235 e. The summed E-state index contributed by atoms with van der Waals surface area (Å²) in [6, 6.07) is 15.5. The predicted octanol–water partition coefficient (Wildman–Crippen LogP) is 4.19. The summed E-state index contributed by atoms with van der Waals surface area (Å²) in [6.45, 7) is 1.26. The van der Waals surface area contributed by atoms with Crippen molar-refractivity contribution in [3.63, 3.8) is 0 Å². The first-order valence-electron chi connectivity index (χ1n) is 9.39. The van der Waals surface area contributed by atoms with Crippen molar-refractivity contribution in [3.8, 4) is 0 Å². The summed E-state index contributed by atoms with van der Waals surface area (Å²) in [5.74, 6) is -0.0476. The molecule has 142 valence electrons. The van der Waals surface area contributed by atoms with Crippen molar-refractivity contribution < 1.29 is 14.1 Å². The van der Waals surface area contributed by atoms with Gasteiger partial charge in [-0.05, 0) is 37.1 Å². The van der Waals surface area contributed by atoms with Crippen LogP contribution < -0.4 is 4.90 Å². The normalized spacial score (nSPS) is 16.8. The molecule has 0 radical (unpaired) electrons. The number of aromatic nitrogens is 2. The monoisotopic (exact) mass is 393 g/mol. The first-order valence-corrected chi connectivity index (χ1v) is 10.2. The van der Waals surface area contributed by atoms with Crippen LogP contribution in [0.4, 0.5) is 5.13 Å². The van der Waals surface area contributed by atoms with Gasteiger partial charge in [0.15, 0.2) is 10.7 Å². The Balaban J connectivity index is 1.46. The fourth-order valence-electron chi connectivity index (χ4n) is 3.56. The largest absolute Gasteiger partial charge is 0.376 e. The van der Waals surface area contributed by atoms with Crippen molar-refractivity contribution in [2.24, 2.45) is 0 Å². The van der Waals surface area contributed by atoms with Crippen LogP contribution in [0.1, 0.15) is 18.5 Å². The zero-order valence-electron chi connectivity index (χ0n) is 15.2. The molecule has 1 fully saturated rings. The van der Waals surface area contributed by atoms with Gasteiger partial charge in [0.1, 0.15) is 5.69 Å². The third-order valence-corrected chi connectivity index (χ3v) is 6.05. The maximum absolute atomic E-state index is 13.3. The Bertz CT molecular complexity index is 1100. The molecule has 0 unspecified atom stereocenters. The topological polar surface area (TPSA) is 68.5 Å². The van der Waals surface area contributed by atoms with Gasteiger partial charge in [0.25, 0.3) is 0 Å². The predicted molar refractivity (Wildman–Crippen MR) is 109 cm³/mol. The lowest BCUT2D eigenvalue weighted by molar-refractivity contribution is -0.118. The highest BCUT2D eigenvalue weighted by molar-refractivity contribution is 7.22. The molecule has 1 aliphatic rings. The van der Waals surface area contributed by atoms with E-state index in [1.807, 2.05) is 48.5 Å². The number of anilines is 1. The second-order valence-corrected chi connectivity index (χ2v) is 7.91. The lowest BCUT2D eigenvalue weighted by Gasteiger charge is -2.22. The average molecular weight is 393 g/mol. The molecule has 1 aliphatic heterocycles. The lowest BCUT2D eigenvalue weighted by Crippen LogP contribution is -2.38. The lowest BCUT2D eigenvalue weighted by atomic mass is 10.1. The maximum atomic E-state index is 13.3. The van der Waals surface area contributed by atoms with Crippen molar-refractivity contribution in [2.45, 2.75) is 25.4 Å². The molecule has 2 aromatic carbocycles. The van der Waals surface area contributed by atoms with Gasteiger partial charge in [-0.2, -0.15) is 0 Å². The van der Waals surface area contributed by atoms with E-state index in [9.17, 15) is 4.79 Å². The number of hydrogen-bond donors (Lipinski definition) is 0. The van der Waals surface area contributed by atoms with Crippen LogP contribution in [0.15, 0.2) is 53.1 Å². The molecule has 1 saturated heterocycles. The number of thiazole rings is 1. The summed E-state index contributed by atoms with van der Waals surface area (Å²) in [6.07, 6.45) is 2.20. The first-order chi connectivity index (χ1) is 13.8. The summed E-state index contributed by atoms with van der Waals surface area (Å²) in [7, 11) is 0. The minimum absolute atomic E-state index is 0.0463.